The number of benzene rings is 2. The zero-order valence-electron chi connectivity index (χ0n) is 26.6. The summed E-state index contributed by atoms with van der Waals surface area (Å²) in [5.74, 6) is 0.652. The second kappa shape index (κ2) is 12.8. The van der Waals surface area contributed by atoms with Gasteiger partial charge in [0.05, 0.1) is 18.8 Å². The number of ketones is 1. The zero-order chi connectivity index (χ0) is 31.6. The maximum Gasteiger partial charge on any atom is 0.410 e. The quantitative estimate of drug-likeness (QED) is 0.292. The highest BCUT2D eigenvalue weighted by atomic mass is 16.6. The summed E-state index contributed by atoms with van der Waals surface area (Å²) in [5.41, 5.74) is 4.15. The predicted molar refractivity (Wildman–Crippen MR) is 168 cm³/mol. The van der Waals surface area contributed by atoms with Gasteiger partial charge in [-0.2, -0.15) is 5.10 Å². The molecule has 44 heavy (non-hydrogen) atoms. The number of carbonyl (C=O) groups is 3. The Hall–Kier alpha value is -4.14. The highest BCUT2D eigenvalue weighted by Crippen LogP contribution is 2.55. The minimum absolute atomic E-state index is 0.0505. The monoisotopic (exact) mass is 600 g/mol. The van der Waals surface area contributed by atoms with E-state index in [4.69, 9.17) is 9.47 Å². The Morgan fingerprint density at radius 3 is 2.43 bits per heavy atom. The molecule has 234 valence electrons. The average Bonchev–Trinajstić information content (AvgIpc) is 3.71. The van der Waals surface area contributed by atoms with Crippen LogP contribution in [0.2, 0.25) is 0 Å². The molecule has 2 aliphatic carbocycles. The molecular weight excluding hydrogens is 556 g/mol. The fraction of sp³-hybridized carbons (Fsp3) is 0.486. The van der Waals surface area contributed by atoms with Crippen LogP contribution in [0.25, 0.3) is 11.1 Å². The van der Waals surface area contributed by atoms with Crippen molar-refractivity contribution in [3.63, 3.8) is 0 Å². The predicted octanol–water partition coefficient (Wildman–Crippen LogP) is 6.73. The van der Waals surface area contributed by atoms with Crippen LogP contribution in [-0.4, -0.2) is 51.8 Å². The number of hydrogen-bond donors (Lipinski definition) is 1. The van der Waals surface area contributed by atoms with Crippen LogP contribution in [0.3, 0.4) is 0 Å². The smallest absolute Gasteiger partial charge is 0.410 e. The molecule has 1 unspecified atom stereocenters. The van der Waals surface area contributed by atoms with Crippen LogP contribution in [-0.2, 0) is 27.4 Å². The third kappa shape index (κ3) is 7.31. The van der Waals surface area contributed by atoms with Crippen LogP contribution >= 0.6 is 0 Å². The summed E-state index contributed by atoms with van der Waals surface area (Å²) in [6.45, 7) is 10.5. The molecular formula is C35H44N4O5. The first kappa shape index (κ1) is 31.3. The molecule has 4 atom stereocenters. The number of nitrogens with one attached hydrogen (secondary N) is 1. The van der Waals surface area contributed by atoms with Crippen LogP contribution in [0, 0.1) is 17.8 Å². The van der Waals surface area contributed by atoms with E-state index in [9.17, 15) is 14.4 Å². The Morgan fingerprint density at radius 2 is 1.77 bits per heavy atom. The second-order valence-corrected chi connectivity index (χ2v) is 13.3. The molecule has 0 radical (unpaired) electrons. The van der Waals surface area contributed by atoms with E-state index in [-0.39, 0.29) is 42.3 Å². The second-order valence-electron chi connectivity index (χ2n) is 13.3. The van der Waals surface area contributed by atoms with Gasteiger partial charge in [-0.1, -0.05) is 49.4 Å². The third-order valence-electron chi connectivity index (χ3n) is 8.70. The summed E-state index contributed by atoms with van der Waals surface area (Å²) in [7, 11) is 1.71. The number of alkyl carbamates (subject to hydrolysis) is 1. The number of carbonyl (C=O) groups excluding carboxylic acids is 3. The molecule has 2 aromatic carbocycles. The van der Waals surface area contributed by atoms with E-state index in [1.54, 1.807) is 24.9 Å². The number of ether oxygens (including phenoxy) is 2. The van der Waals surface area contributed by atoms with Crippen molar-refractivity contribution in [1.82, 2.24) is 20.0 Å². The van der Waals surface area contributed by atoms with E-state index in [2.05, 4.69) is 29.5 Å². The van der Waals surface area contributed by atoms with Crippen molar-refractivity contribution in [2.45, 2.75) is 78.2 Å². The van der Waals surface area contributed by atoms with Gasteiger partial charge < -0.3 is 19.7 Å². The Morgan fingerprint density at radius 1 is 1.05 bits per heavy atom. The highest BCUT2D eigenvalue weighted by Gasteiger charge is 2.49. The average molecular weight is 601 g/mol. The van der Waals surface area contributed by atoms with Crippen molar-refractivity contribution < 1.29 is 23.9 Å². The number of Topliss-reactive ketones (excluding diaryl/α,β-unsaturated/α-hetero) is 1. The number of nitrogens with zero attached hydrogens (tertiary/aromatic N) is 3. The van der Waals surface area contributed by atoms with Crippen LogP contribution in [0.15, 0.2) is 60.9 Å². The Labute approximate surface area is 259 Å². The van der Waals surface area contributed by atoms with Gasteiger partial charge in [-0.25, -0.2) is 9.59 Å². The van der Waals surface area contributed by atoms with Gasteiger partial charge in [0, 0.05) is 31.3 Å². The van der Waals surface area contributed by atoms with Crippen LogP contribution in [0.5, 0.6) is 0 Å². The van der Waals surface area contributed by atoms with Gasteiger partial charge in [-0.3, -0.25) is 9.48 Å². The molecule has 1 heterocycles. The molecule has 2 aliphatic rings. The Bertz CT molecular complexity index is 1490. The van der Waals surface area contributed by atoms with E-state index in [1.807, 2.05) is 63.4 Å². The van der Waals surface area contributed by atoms with Crippen molar-refractivity contribution in [3.05, 3.63) is 77.6 Å². The highest BCUT2D eigenvalue weighted by molar-refractivity contribution is 5.85. The molecule has 3 aromatic rings. The van der Waals surface area contributed by atoms with Crippen LogP contribution in [0.4, 0.5) is 9.59 Å². The molecule has 1 fully saturated rings. The van der Waals surface area contributed by atoms with Gasteiger partial charge in [0.1, 0.15) is 18.0 Å². The van der Waals surface area contributed by atoms with Crippen molar-refractivity contribution in [2.24, 2.45) is 17.8 Å². The van der Waals surface area contributed by atoms with Gasteiger partial charge in [-0.05, 0) is 86.6 Å². The largest absolute Gasteiger partial charge is 0.445 e. The van der Waals surface area contributed by atoms with E-state index >= 15 is 0 Å². The zero-order valence-corrected chi connectivity index (χ0v) is 26.6. The van der Waals surface area contributed by atoms with Crippen LogP contribution in [0.1, 0.15) is 76.1 Å². The fourth-order valence-electron chi connectivity index (χ4n) is 6.42. The normalized spacial score (nSPS) is 21.2. The molecule has 0 saturated heterocycles. The van der Waals surface area contributed by atoms with E-state index in [0.717, 1.165) is 40.7 Å². The lowest BCUT2D eigenvalue weighted by Crippen LogP contribution is -2.43. The number of likely N-dealkylation sites (N-methyl/N-ethyl adjacent to an activating group) is 1. The molecule has 1 aromatic heterocycles. The number of amides is 2. The van der Waals surface area contributed by atoms with Crippen molar-refractivity contribution in [1.29, 1.82) is 0 Å². The van der Waals surface area contributed by atoms with E-state index in [1.165, 1.54) is 4.90 Å². The minimum atomic E-state index is -0.556. The van der Waals surface area contributed by atoms with Gasteiger partial charge >= 0.3 is 12.2 Å². The van der Waals surface area contributed by atoms with Gasteiger partial charge in [0.25, 0.3) is 0 Å². The summed E-state index contributed by atoms with van der Waals surface area (Å²) in [6, 6.07) is 15.5. The molecule has 1 N–H and O–H groups in total. The summed E-state index contributed by atoms with van der Waals surface area (Å²) in [4.78, 5) is 40.1. The van der Waals surface area contributed by atoms with Gasteiger partial charge in [0.15, 0.2) is 0 Å². The molecule has 0 aliphatic heterocycles. The first-order valence-electron chi connectivity index (χ1n) is 15.5. The minimum Gasteiger partial charge on any atom is -0.445 e. The molecule has 9 nitrogen and oxygen atoms in total. The molecule has 9 heteroatoms. The van der Waals surface area contributed by atoms with Crippen molar-refractivity contribution in [2.75, 3.05) is 13.6 Å². The maximum atomic E-state index is 13.1. The summed E-state index contributed by atoms with van der Waals surface area (Å²) < 4.78 is 12.9. The topological polar surface area (TPSA) is 103 Å². The first-order valence-corrected chi connectivity index (χ1v) is 15.5. The van der Waals surface area contributed by atoms with Crippen molar-refractivity contribution in [3.8, 4) is 11.1 Å². The fourth-order valence-corrected chi connectivity index (χ4v) is 6.42. The summed E-state index contributed by atoms with van der Waals surface area (Å²) in [6.07, 6.45) is 5.12. The Kier molecular flexibility index (Phi) is 9.13. The van der Waals surface area contributed by atoms with Gasteiger partial charge in [-0.15, -0.1) is 0 Å². The standard InChI is InChI=1S/C35H44N4O5/c1-22-30(25-12-13-25)31(23(2)40)28-15-14-26(18-29(28)32(22)37-33(41)43-21-24-10-8-7-9-11-24)27-19-36-39(20-27)17-16-38(6)34(42)44-35(3,4)5/h7-11,14-15,18-20,22,25,30-32H,12-13,16-17,21H2,1-6H3,(H,37,41)/t22-,30+,31?,32+/m0/s1. The summed E-state index contributed by atoms with van der Waals surface area (Å²) in [5, 5.41) is 7.69. The molecule has 1 saturated carbocycles. The molecule has 0 spiro atoms. The number of aromatic nitrogens is 2. The number of fused-ring (bicyclic) bond motifs is 1. The SMILES string of the molecule is CC(=O)C1c2ccc(-c3cnn(CCN(C)C(=O)OC(C)(C)C)c3)cc2[C@H](NC(=O)OCc2ccccc2)[C@@H](C)[C@@H]1C1CC1. The first-order chi connectivity index (χ1) is 20.9. The third-order valence-corrected chi connectivity index (χ3v) is 8.70. The lowest BCUT2D eigenvalue weighted by molar-refractivity contribution is -0.120. The molecule has 0 bridgehead atoms. The lowest BCUT2D eigenvalue weighted by Gasteiger charge is -2.43. The molecule has 5 rings (SSSR count). The van der Waals surface area contributed by atoms with Crippen molar-refractivity contribution >= 4 is 18.0 Å². The Balaban J connectivity index is 1.37. The number of rotatable bonds is 9. The van der Waals surface area contributed by atoms with Gasteiger partial charge in [0.2, 0.25) is 0 Å². The van der Waals surface area contributed by atoms with E-state index in [0.29, 0.717) is 19.0 Å². The summed E-state index contributed by atoms with van der Waals surface area (Å²) >= 11 is 0. The van der Waals surface area contributed by atoms with E-state index < -0.39 is 11.7 Å². The number of hydrogen-bond acceptors (Lipinski definition) is 6. The van der Waals surface area contributed by atoms with Crippen LogP contribution < -0.4 is 5.32 Å². The maximum absolute atomic E-state index is 13.1. The molecule has 2 amide bonds. The lowest BCUT2D eigenvalue weighted by atomic mass is 9.63.